The van der Waals surface area contributed by atoms with Gasteiger partial charge in [0.15, 0.2) is 0 Å². The van der Waals surface area contributed by atoms with Crippen molar-refractivity contribution in [1.29, 1.82) is 0 Å². The zero-order chi connectivity index (χ0) is 30.0. The minimum atomic E-state index is -3.59. The molecule has 0 aromatic heterocycles. The number of aryl methyl sites for hydroxylation is 1. The number of carbonyl (C=O) groups excluding carboxylic acids is 2. The van der Waals surface area contributed by atoms with Crippen LogP contribution in [0.3, 0.4) is 0 Å². The first-order valence-corrected chi connectivity index (χ1v) is 16.1. The molecule has 3 rings (SSSR count). The Kier molecular flexibility index (Phi) is 11.8. The van der Waals surface area contributed by atoms with E-state index < -0.39 is 16.1 Å². The average Bonchev–Trinajstić information content (AvgIpc) is 2.94. The molecule has 0 heterocycles. The minimum absolute atomic E-state index is 0.0419. The molecule has 0 aliphatic carbocycles. The molecule has 2 amide bonds. The quantitative estimate of drug-likeness (QED) is 0.256. The van der Waals surface area contributed by atoms with E-state index in [0.717, 1.165) is 29.4 Å². The molecule has 0 radical (unpaired) electrons. The molecule has 2 atom stereocenters. The summed E-state index contributed by atoms with van der Waals surface area (Å²) in [5.74, 6) is -0.419. The second-order valence-electron chi connectivity index (χ2n) is 10.4. The summed E-state index contributed by atoms with van der Waals surface area (Å²) in [5.41, 5.74) is 3.45. The van der Waals surface area contributed by atoms with Gasteiger partial charge in [-0.25, -0.2) is 8.42 Å². The van der Waals surface area contributed by atoms with Crippen LogP contribution in [0.2, 0.25) is 5.02 Å². The highest BCUT2D eigenvalue weighted by Crippen LogP contribution is 2.22. The van der Waals surface area contributed by atoms with Crippen molar-refractivity contribution in [3.8, 4) is 0 Å². The fourth-order valence-electron chi connectivity index (χ4n) is 4.50. The first kappa shape index (κ1) is 32.2. The molecule has 0 aliphatic rings. The van der Waals surface area contributed by atoms with Gasteiger partial charge in [0.2, 0.25) is 21.8 Å². The molecule has 0 saturated carbocycles. The highest BCUT2D eigenvalue weighted by molar-refractivity contribution is 7.92. The standard InChI is InChI=1S/C32H40ClN3O4S/c1-5-25(3)34-32(38)30(22-26-10-7-6-8-11-26)35(23-27-15-13-24(2)14-16-27)31(37)12-9-21-36(41(4,39)40)29-19-17-28(33)18-20-29/h6-8,10-11,13-20,25,30H,5,9,12,21-23H2,1-4H3,(H,34,38)/t25-,30-/m1/s1. The number of nitrogens with one attached hydrogen (secondary N) is 1. The number of sulfonamides is 1. The molecule has 1 N–H and O–H groups in total. The highest BCUT2D eigenvalue weighted by atomic mass is 35.5. The molecule has 0 fully saturated rings. The SMILES string of the molecule is CC[C@@H](C)NC(=O)[C@@H](Cc1ccccc1)N(Cc1ccc(C)cc1)C(=O)CCCN(c1ccc(Cl)cc1)S(C)(=O)=O. The van der Waals surface area contributed by atoms with Crippen LogP contribution < -0.4 is 9.62 Å². The normalized spacial score (nSPS) is 12.8. The molecular formula is C32H40ClN3O4S. The van der Waals surface area contributed by atoms with Gasteiger partial charge < -0.3 is 10.2 Å². The lowest BCUT2D eigenvalue weighted by Crippen LogP contribution is -2.52. The summed E-state index contributed by atoms with van der Waals surface area (Å²) >= 11 is 5.99. The number of nitrogens with zero attached hydrogens (tertiary/aromatic N) is 2. The summed E-state index contributed by atoms with van der Waals surface area (Å²) in [7, 11) is -3.59. The Morgan fingerprint density at radius 2 is 1.56 bits per heavy atom. The molecule has 0 unspecified atom stereocenters. The third-order valence-corrected chi connectivity index (χ3v) is 8.46. The van der Waals surface area contributed by atoms with Crippen LogP contribution >= 0.6 is 11.6 Å². The number of hydrogen-bond donors (Lipinski definition) is 1. The van der Waals surface area contributed by atoms with Crippen LogP contribution in [0.1, 0.15) is 49.8 Å². The zero-order valence-electron chi connectivity index (χ0n) is 24.2. The van der Waals surface area contributed by atoms with Crippen molar-refractivity contribution < 1.29 is 18.0 Å². The van der Waals surface area contributed by atoms with E-state index in [1.807, 2.05) is 75.4 Å². The van der Waals surface area contributed by atoms with Gasteiger partial charge in [0.05, 0.1) is 11.9 Å². The summed E-state index contributed by atoms with van der Waals surface area (Å²) in [6.07, 6.45) is 2.63. The molecule has 0 aliphatic heterocycles. The first-order chi connectivity index (χ1) is 19.5. The van der Waals surface area contributed by atoms with Gasteiger partial charge in [-0.15, -0.1) is 0 Å². The van der Waals surface area contributed by atoms with Crippen LogP contribution in [0, 0.1) is 6.92 Å². The third-order valence-electron chi connectivity index (χ3n) is 7.01. The summed E-state index contributed by atoms with van der Waals surface area (Å²) in [5, 5.41) is 3.57. The largest absolute Gasteiger partial charge is 0.352 e. The van der Waals surface area contributed by atoms with Crippen LogP contribution in [-0.2, 0) is 32.6 Å². The van der Waals surface area contributed by atoms with Crippen LogP contribution in [0.15, 0.2) is 78.9 Å². The number of carbonyl (C=O) groups is 2. The van der Waals surface area contributed by atoms with E-state index in [1.54, 1.807) is 29.2 Å². The van der Waals surface area contributed by atoms with Crippen molar-refractivity contribution in [2.45, 2.75) is 65.1 Å². The molecule has 0 saturated heterocycles. The number of hydrogen-bond acceptors (Lipinski definition) is 4. The van der Waals surface area contributed by atoms with Gasteiger partial charge in [-0.2, -0.15) is 0 Å². The Bertz CT molecular complexity index is 1380. The topological polar surface area (TPSA) is 86.8 Å². The minimum Gasteiger partial charge on any atom is -0.352 e. The predicted molar refractivity (Wildman–Crippen MR) is 166 cm³/mol. The Labute approximate surface area is 249 Å². The van der Waals surface area contributed by atoms with Gasteiger partial charge in [0.1, 0.15) is 6.04 Å². The van der Waals surface area contributed by atoms with Gasteiger partial charge in [0.25, 0.3) is 0 Å². The van der Waals surface area contributed by atoms with E-state index in [-0.39, 0.29) is 43.8 Å². The monoisotopic (exact) mass is 597 g/mol. The maximum atomic E-state index is 13.9. The third kappa shape index (κ3) is 9.90. The Hall–Kier alpha value is -3.36. The smallest absolute Gasteiger partial charge is 0.243 e. The van der Waals surface area contributed by atoms with Crippen LogP contribution in [0.25, 0.3) is 0 Å². The van der Waals surface area contributed by atoms with E-state index in [2.05, 4.69) is 5.32 Å². The molecule has 0 spiro atoms. The van der Waals surface area contributed by atoms with E-state index in [9.17, 15) is 18.0 Å². The van der Waals surface area contributed by atoms with Gasteiger partial charge in [-0.1, -0.05) is 78.7 Å². The van der Waals surface area contributed by atoms with Crippen LogP contribution in [0.4, 0.5) is 5.69 Å². The van der Waals surface area contributed by atoms with Crippen molar-refractivity contribution in [2.24, 2.45) is 0 Å². The van der Waals surface area contributed by atoms with Crippen molar-refractivity contribution in [3.63, 3.8) is 0 Å². The molecule has 0 bridgehead atoms. The maximum absolute atomic E-state index is 13.9. The second-order valence-corrected chi connectivity index (χ2v) is 12.8. The van der Waals surface area contributed by atoms with Gasteiger partial charge in [0, 0.05) is 37.0 Å². The molecule has 220 valence electrons. The highest BCUT2D eigenvalue weighted by Gasteiger charge is 2.31. The Morgan fingerprint density at radius 1 is 0.927 bits per heavy atom. The van der Waals surface area contributed by atoms with Gasteiger partial charge in [-0.05, 0) is 62.1 Å². The Morgan fingerprint density at radius 3 is 2.15 bits per heavy atom. The van der Waals surface area contributed by atoms with Crippen molar-refractivity contribution >= 4 is 39.1 Å². The molecule has 3 aromatic carbocycles. The first-order valence-electron chi connectivity index (χ1n) is 13.9. The van der Waals surface area contributed by atoms with E-state index in [4.69, 9.17) is 11.6 Å². The summed E-state index contributed by atoms with van der Waals surface area (Å²) < 4.78 is 26.4. The Balaban J connectivity index is 1.88. The zero-order valence-corrected chi connectivity index (χ0v) is 25.8. The lowest BCUT2D eigenvalue weighted by atomic mass is 10.0. The molecular weight excluding hydrogens is 558 g/mol. The van der Waals surface area contributed by atoms with E-state index in [1.165, 1.54) is 4.31 Å². The van der Waals surface area contributed by atoms with Crippen molar-refractivity contribution in [1.82, 2.24) is 10.2 Å². The lowest BCUT2D eigenvalue weighted by Gasteiger charge is -2.32. The van der Waals surface area contributed by atoms with Gasteiger partial charge in [-0.3, -0.25) is 13.9 Å². The number of rotatable bonds is 14. The molecule has 41 heavy (non-hydrogen) atoms. The van der Waals surface area contributed by atoms with Crippen LogP contribution in [-0.4, -0.2) is 50.0 Å². The number of anilines is 1. The number of halogens is 1. The van der Waals surface area contributed by atoms with Crippen molar-refractivity contribution in [3.05, 3.63) is 101 Å². The average molecular weight is 598 g/mol. The lowest BCUT2D eigenvalue weighted by molar-refractivity contribution is -0.141. The molecule has 3 aromatic rings. The van der Waals surface area contributed by atoms with Crippen molar-refractivity contribution in [2.75, 3.05) is 17.1 Å². The molecule has 7 nitrogen and oxygen atoms in total. The second kappa shape index (κ2) is 15.0. The fraction of sp³-hybridized carbons (Fsp3) is 0.375. The predicted octanol–water partition coefficient (Wildman–Crippen LogP) is 5.75. The fourth-order valence-corrected chi connectivity index (χ4v) is 5.59. The van der Waals surface area contributed by atoms with Gasteiger partial charge >= 0.3 is 0 Å². The summed E-state index contributed by atoms with van der Waals surface area (Å²) in [6, 6.07) is 23.3. The number of benzene rings is 3. The number of amides is 2. The van der Waals surface area contributed by atoms with E-state index in [0.29, 0.717) is 17.1 Å². The van der Waals surface area contributed by atoms with E-state index >= 15 is 0 Å². The maximum Gasteiger partial charge on any atom is 0.243 e. The molecule has 9 heteroatoms. The van der Waals surface area contributed by atoms with Crippen LogP contribution in [0.5, 0.6) is 0 Å². The summed E-state index contributed by atoms with van der Waals surface area (Å²) in [4.78, 5) is 29.1. The summed E-state index contributed by atoms with van der Waals surface area (Å²) in [6.45, 7) is 6.32.